The summed E-state index contributed by atoms with van der Waals surface area (Å²) in [6, 6.07) is 11.7. The fraction of sp³-hybridized carbons (Fsp3) is 0.200. The molecule has 1 fully saturated rings. The lowest BCUT2D eigenvalue weighted by Gasteiger charge is -2.15. The van der Waals surface area contributed by atoms with Crippen LogP contribution < -0.4 is 0 Å². The van der Waals surface area contributed by atoms with Crippen molar-refractivity contribution in [2.24, 2.45) is 4.40 Å². The number of sulfonamides is 1. The Morgan fingerprint density at radius 1 is 1.17 bits per heavy atom. The van der Waals surface area contributed by atoms with E-state index in [4.69, 9.17) is 4.74 Å². The van der Waals surface area contributed by atoms with Gasteiger partial charge in [-0.1, -0.05) is 18.2 Å². The largest absolute Gasteiger partial charge is 0.508 e. The molecular weight excluding hydrogens is 428 g/mol. The lowest BCUT2D eigenvalue weighted by Crippen LogP contribution is -2.31. The number of amidine groups is 1. The molecule has 1 heterocycles. The third kappa shape index (κ3) is 5.02. The van der Waals surface area contributed by atoms with Gasteiger partial charge in [-0.25, -0.2) is 0 Å². The van der Waals surface area contributed by atoms with Crippen LogP contribution in [0, 0.1) is 0 Å². The van der Waals surface area contributed by atoms with E-state index in [0.29, 0.717) is 18.6 Å². The predicted octanol–water partition coefficient (Wildman–Crippen LogP) is 2.80. The lowest BCUT2D eigenvalue weighted by atomic mass is 10.1. The van der Waals surface area contributed by atoms with Gasteiger partial charge in [-0.05, 0) is 48.5 Å². The molecule has 8 nitrogen and oxygen atoms in total. The summed E-state index contributed by atoms with van der Waals surface area (Å²) in [5, 5.41) is 19.5. The number of ether oxygens (including phenoxy) is 1. The standard InChI is InChI=1S/C20H20N2O6S2/c1-28-11-5-10-22-19(25)18(12-14-8-9-15(23)13-17(14)24)29-20(22)21-30(26,27)16-6-3-2-4-7-16/h2-4,6-9,12-13,23-24H,5,10-11H2,1H3/b18-12-,21-20?. The van der Waals surface area contributed by atoms with E-state index in [9.17, 15) is 23.4 Å². The number of phenolic OH excluding ortho intramolecular Hbond substituents is 2. The third-order valence-electron chi connectivity index (χ3n) is 4.16. The van der Waals surface area contributed by atoms with Crippen LogP contribution in [-0.4, -0.2) is 54.9 Å². The van der Waals surface area contributed by atoms with Gasteiger partial charge >= 0.3 is 0 Å². The van der Waals surface area contributed by atoms with Crippen LogP contribution in [0.25, 0.3) is 6.08 Å². The Kier molecular flexibility index (Phi) is 6.80. The number of benzene rings is 2. The second kappa shape index (κ2) is 9.33. The van der Waals surface area contributed by atoms with Crippen LogP contribution in [0.15, 0.2) is 62.7 Å². The quantitative estimate of drug-likeness (QED) is 0.494. The smallest absolute Gasteiger partial charge is 0.284 e. The van der Waals surface area contributed by atoms with Crippen molar-refractivity contribution in [3.63, 3.8) is 0 Å². The average Bonchev–Trinajstić information content (AvgIpc) is 2.99. The lowest BCUT2D eigenvalue weighted by molar-refractivity contribution is -0.122. The molecule has 0 atom stereocenters. The number of hydrogen-bond acceptors (Lipinski definition) is 7. The molecule has 0 saturated carbocycles. The number of carbonyl (C=O) groups is 1. The minimum absolute atomic E-state index is 0.0241. The second-order valence-electron chi connectivity index (χ2n) is 6.32. The highest BCUT2D eigenvalue weighted by Gasteiger charge is 2.35. The molecule has 2 aromatic carbocycles. The summed E-state index contributed by atoms with van der Waals surface area (Å²) in [6.45, 7) is 0.618. The number of nitrogens with zero attached hydrogens (tertiary/aromatic N) is 2. The molecule has 10 heteroatoms. The first kappa shape index (κ1) is 21.9. The molecule has 0 bridgehead atoms. The van der Waals surface area contributed by atoms with Gasteiger partial charge in [0.15, 0.2) is 5.17 Å². The highest BCUT2D eigenvalue weighted by molar-refractivity contribution is 8.19. The van der Waals surface area contributed by atoms with Crippen molar-refractivity contribution < 1.29 is 28.2 Å². The van der Waals surface area contributed by atoms with Gasteiger partial charge < -0.3 is 14.9 Å². The number of aromatic hydroxyl groups is 2. The van der Waals surface area contributed by atoms with E-state index < -0.39 is 15.9 Å². The summed E-state index contributed by atoms with van der Waals surface area (Å²) in [5.74, 6) is -0.743. The zero-order valence-corrected chi connectivity index (χ0v) is 17.7. The summed E-state index contributed by atoms with van der Waals surface area (Å²) < 4.78 is 34.3. The first-order valence-corrected chi connectivity index (χ1v) is 11.2. The van der Waals surface area contributed by atoms with Crippen molar-refractivity contribution in [1.29, 1.82) is 0 Å². The maximum absolute atomic E-state index is 12.9. The number of thioether (sulfide) groups is 1. The Morgan fingerprint density at radius 2 is 1.90 bits per heavy atom. The van der Waals surface area contributed by atoms with Gasteiger partial charge in [-0.2, -0.15) is 8.42 Å². The minimum atomic E-state index is -4.01. The van der Waals surface area contributed by atoms with Crippen LogP contribution in [0.4, 0.5) is 0 Å². The van der Waals surface area contributed by atoms with Gasteiger partial charge in [-0.15, -0.1) is 4.40 Å². The number of amides is 1. The zero-order chi connectivity index (χ0) is 21.7. The highest BCUT2D eigenvalue weighted by atomic mass is 32.2. The van der Waals surface area contributed by atoms with E-state index in [2.05, 4.69) is 4.40 Å². The van der Waals surface area contributed by atoms with Crippen molar-refractivity contribution in [2.75, 3.05) is 20.3 Å². The average molecular weight is 449 g/mol. The van der Waals surface area contributed by atoms with Crippen LogP contribution in [-0.2, 0) is 19.6 Å². The summed E-state index contributed by atoms with van der Waals surface area (Å²) in [7, 11) is -2.47. The van der Waals surface area contributed by atoms with Crippen LogP contribution in [0.3, 0.4) is 0 Å². The minimum Gasteiger partial charge on any atom is -0.508 e. The van der Waals surface area contributed by atoms with E-state index in [1.54, 1.807) is 18.2 Å². The van der Waals surface area contributed by atoms with Gasteiger partial charge in [0, 0.05) is 31.9 Å². The van der Waals surface area contributed by atoms with Crippen LogP contribution in [0.2, 0.25) is 0 Å². The van der Waals surface area contributed by atoms with Gasteiger partial charge in [-0.3, -0.25) is 9.69 Å². The van der Waals surface area contributed by atoms with E-state index in [0.717, 1.165) is 17.8 Å². The van der Waals surface area contributed by atoms with E-state index in [1.807, 2.05) is 0 Å². The molecule has 1 amide bonds. The fourth-order valence-corrected chi connectivity index (χ4v) is 4.90. The number of hydrogen-bond donors (Lipinski definition) is 2. The monoisotopic (exact) mass is 448 g/mol. The molecular formula is C20H20N2O6S2. The summed E-state index contributed by atoms with van der Waals surface area (Å²) in [5.41, 5.74) is 0.313. The maximum atomic E-state index is 12.9. The Labute approximate surface area is 178 Å². The van der Waals surface area contributed by atoms with Crippen molar-refractivity contribution in [2.45, 2.75) is 11.3 Å². The molecule has 2 N–H and O–H groups in total. The first-order chi connectivity index (χ1) is 14.3. The molecule has 0 aliphatic carbocycles. The van der Waals surface area contributed by atoms with E-state index >= 15 is 0 Å². The third-order valence-corrected chi connectivity index (χ3v) is 6.56. The van der Waals surface area contributed by atoms with Gasteiger partial charge in [0.2, 0.25) is 0 Å². The van der Waals surface area contributed by atoms with Gasteiger partial charge in [0.25, 0.3) is 15.9 Å². The second-order valence-corrected chi connectivity index (χ2v) is 8.93. The molecule has 2 aromatic rings. The Morgan fingerprint density at radius 3 is 2.57 bits per heavy atom. The number of phenols is 2. The van der Waals surface area contributed by atoms with Crippen molar-refractivity contribution >= 4 is 38.9 Å². The fourth-order valence-electron chi connectivity index (χ4n) is 2.68. The van der Waals surface area contributed by atoms with Gasteiger partial charge in [0.1, 0.15) is 11.5 Å². The van der Waals surface area contributed by atoms with Gasteiger partial charge in [0.05, 0.1) is 9.80 Å². The van der Waals surface area contributed by atoms with Crippen LogP contribution >= 0.6 is 11.8 Å². The molecule has 0 spiro atoms. The number of methoxy groups -OCH3 is 1. The predicted molar refractivity (Wildman–Crippen MR) is 115 cm³/mol. The van der Waals surface area contributed by atoms with Crippen molar-refractivity contribution in [3.8, 4) is 11.5 Å². The Bertz CT molecular complexity index is 1100. The summed E-state index contributed by atoms with van der Waals surface area (Å²) in [6.07, 6.45) is 1.92. The number of carbonyl (C=O) groups excluding carboxylic acids is 1. The molecule has 1 saturated heterocycles. The molecule has 0 unspecified atom stereocenters. The van der Waals surface area contributed by atoms with Crippen molar-refractivity contribution in [1.82, 2.24) is 4.90 Å². The van der Waals surface area contributed by atoms with E-state index in [1.165, 1.54) is 42.4 Å². The van der Waals surface area contributed by atoms with Crippen LogP contribution in [0.5, 0.6) is 11.5 Å². The molecule has 1 aliphatic rings. The highest BCUT2D eigenvalue weighted by Crippen LogP contribution is 2.35. The molecule has 30 heavy (non-hydrogen) atoms. The normalized spacial score (nSPS) is 17.2. The maximum Gasteiger partial charge on any atom is 0.284 e. The molecule has 158 valence electrons. The van der Waals surface area contributed by atoms with Crippen molar-refractivity contribution in [3.05, 3.63) is 59.0 Å². The summed E-state index contributed by atoms with van der Waals surface area (Å²) >= 11 is 0.908. The number of rotatable bonds is 7. The molecule has 3 rings (SSSR count). The SMILES string of the molecule is COCCCN1C(=O)/C(=C/c2ccc(O)cc2O)SC1=NS(=O)(=O)c1ccccc1. The Hall–Kier alpha value is -2.82. The molecule has 0 radical (unpaired) electrons. The molecule has 0 aromatic heterocycles. The Balaban J connectivity index is 1.98. The van der Waals surface area contributed by atoms with Crippen LogP contribution in [0.1, 0.15) is 12.0 Å². The zero-order valence-electron chi connectivity index (χ0n) is 16.1. The molecule has 1 aliphatic heterocycles. The first-order valence-electron chi connectivity index (χ1n) is 8.94. The summed E-state index contributed by atoms with van der Waals surface area (Å²) in [4.78, 5) is 14.4. The van der Waals surface area contributed by atoms with E-state index in [-0.39, 0.29) is 33.0 Å². The topological polar surface area (TPSA) is 116 Å².